The Morgan fingerprint density at radius 2 is 1.78 bits per heavy atom. The van der Waals surface area contributed by atoms with Crippen molar-refractivity contribution in [3.63, 3.8) is 0 Å². The molecule has 2 unspecified atom stereocenters. The van der Waals surface area contributed by atoms with E-state index in [1.807, 2.05) is 0 Å². The van der Waals surface area contributed by atoms with Crippen molar-refractivity contribution in [1.82, 2.24) is 0 Å². The summed E-state index contributed by atoms with van der Waals surface area (Å²) in [6, 6.07) is 6.10. The fourth-order valence-electron chi connectivity index (χ4n) is 3.78. The molecule has 2 atom stereocenters. The van der Waals surface area contributed by atoms with Gasteiger partial charge in [-0.2, -0.15) is 0 Å². The van der Waals surface area contributed by atoms with Crippen molar-refractivity contribution in [3.8, 4) is 5.75 Å². The molecule has 7 heteroatoms. The average molecular weight is 439 g/mol. The molecule has 7 nitrogen and oxygen atoms in total. The second-order valence-corrected chi connectivity index (χ2v) is 8.26. The van der Waals surface area contributed by atoms with Crippen molar-refractivity contribution >= 4 is 24.2 Å². The van der Waals surface area contributed by atoms with Crippen molar-refractivity contribution < 1.29 is 33.4 Å². The number of hydrogen-bond acceptors (Lipinski definition) is 7. The van der Waals surface area contributed by atoms with E-state index in [4.69, 9.17) is 14.2 Å². The molecule has 0 N–H and O–H groups in total. The standard InChI is InChI=1S/C25H27O7/c1-17(2)23(28)32-25(15-9-8-10-18(25)16-26)22(27)20-13-6-7-14-21(20)31-24(29)30-19-11-4-3-5-12-19/h6-10,13-15,17-19H,3-5,11-12H2,1-2H3. The van der Waals surface area contributed by atoms with Crippen molar-refractivity contribution in [1.29, 1.82) is 0 Å². The summed E-state index contributed by atoms with van der Waals surface area (Å²) >= 11 is 0. The van der Waals surface area contributed by atoms with Gasteiger partial charge < -0.3 is 14.2 Å². The Morgan fingerprint density at radius 1 is 1.06 bits per heavy atom. The van der Waals surface area contributed by atoms with Crippen LogP contribution in [0.1, 0.15) is 56.3 Å². The van der Waals surface area contributed by atoms with Gasteiger partial charge in [-0.3, -0.25) is 14.4 Å². The van der Waals surface area contributed by atoms with Gasteiger partial charge in [-0.25, -0.2) is 4.79 Å². The number of Topliss-reactive ketones (excluding diaryl/α,β-unsaturated/α-hetero) is 1. The summed E-state index contributed by atoms with van der Waals surface area (Å²) in [7, 11) is 0. The van der Waals surface area contributed by atoms with Crippen LogP contribution in [0.4, 0.5) is 4.79 Å². The minimum Gasteiger partial charge on any atom is -0.445 e. The van der Waals surface area contributed by atoms with Crippen LogP contribution in [-0.4, -0.2) is 35.9 Å². The molecule has 0 heterocycles. The second-order valence-electron chi connectivity index (χ2n) is 8.26. The van der Waals surface area contributed by atoms with Crippen LogP contribution in [0.15, 0.2) is 48.6 Å². The number of benzene rings is 1. The molecule has 2 aliphatic rings. The highest BCUT2D eigenvalue weighted by atomic mass is 16.7. The summed E-state index contributed by atoms with van der Waals surface area (Å²) in [6.45, 7) is 3.25. The number of ether oxygens (including phenoxy) is 3. The van der Waals surface area contributed by atoms with E-state index in [0.717, 1.165) is 32.1 Å². The number of rotatable bonds is 7. The van der Waals surface area contributed by atoms with Crippen LogP contribution < -0.4 is 4.74 Å². The lowest BCUT2D eigenvalue weighted by Crippen LogP contribution is -2.50. The normalized spacial score (nSPS) is 22.9. The molecule has 2 aliphatic carbocycles. The first kappa shape index (κ1) is 23.4. The van der Waals surface area contributed by atoms with Gasteiger partial charge in [0.05, 0.1) is 17.4 Å². The van der Waals surface area contributed by atoms with Crippen LogP contribution in [-0.2, 0) is 19.1 Å². The van der Waals surface area contributed by atoms with E-state index >= 15 is 0 Å². The smallest absolute Gasteiger partial charge is 0.445 e. The van der Waals surface area contributed by atoms with Crippen molar-refractivity contribution in [2.45, 2.75) is 57.7 Å². The third kappa shape index (κ3) is 5.15. The van der Waals surface area contributed by atoms with Crippen LogP contribution in [0, 0.1) is 11.8 Å². The number of esters is 1. The lowest BCUT2D eigenvalue weighted by Gasteiger charge is -2.34. The van der Waals surface area contributed by atoms with Gasteiger partial charge in [-0.15, -0.1) is 0 Å². The molecule has 0 saturated heterocycles. The highest BCUT2D eigenvalue weighted by Gasteiger charge is 2.49. The Hall–Kier alpha value is -3.22. The Morgan fingerprint density at radius 3 is 2.47 bits per heavy atom. The minimum atomic E-state index is -1.93. The molecule has 32 heavy (non-hydrogen) atoms. The van der Waals surface area contributed by atoms with Gasteiger partial charge in [0.25, 0.3) is 0 Å². The highest BCUT2D eigenvalue weighted by Crippen LogP contribution is 2.35. The SMILES string of the molecule is CC(C)C(=O)OC1(C(=O)c2ccccc2OC(=O)OC2CCCCC2)C=CC=CC1[C]=O. The van der Waals surface area contributed by atoms with E-state index < -0.39 is 35.3 Å². The van der Waals surface area contributed by atoms with E-state index in [1.54, 1.807) is 38.3 Å². The molecular weight excluding hydrogens is 412 g/mol. The molecule has 0 aliphatic heterocycles. The minimum absolute atomic E-state index is 0.00940. The number of carbonyl (C=O) groups excluding carboxylic acids is 4. The van der Waals surface area contributed by atoms with Gasteiger partial charge in [0.1, 0.15) is 11.9 Å². The first-order valence-corrected chi connectivity index (χ1v) is 10.9. The number of para-hydroxylation sites is 1. The number of hydrogen-bond donors (Lipinski definition) is 0. The van der Waals surface area contributed by atoms with Crippen molar-refractivity contribution in [2.24, 2.45) is 11.8 Å². The molecule has 0 spiro atoms. The maximum Gasteiger partial charge on any atom is 0.514 e. The molecule has 1 saturated carbocycles. The zero-order chi connectivity index (χ0) is 23.1. The lowest BCUT2D eigenvalue weighted by molar-refractivity contribution is -0.156. The molecule has 1 aromatic rings. The molecule has 0 amide bonds. The molecule has 1 fully saturated rings. The van der Waals surface area contributed by atoms with E-state index in [0.29, 0.717) is 0 Å². The topological polar surface area (TPSA) is 96.0 Å². The first-order chi connectivity index (χ1) is 15.4. The average Bonchev–Trinajstić information content (AvgIpc) is 2.79. The third-order valence-corrected chi connectivity index (χ3v) is 5.58. The quantitative estimate of drug-likeness (QED) is 0.350. The van der Waals surface area contributed by atoms with E-state index in [2.05, 4.69) is 0 Å². The van der Waals surface area contributed by atoms with Gasteiger partial charge >= 0.3 is 12.1 Å². The highest BCUT2D eigenvalue weighted by molar-refractivity contribution is 6.09. The predicted octanol–water partition coefficient (Wildman–Crippen LogP) is 4.51. The molecule has 1 radical (unpaired) electrons. The summed E-state index contributed by atoms with van der Waals surface area (Å²) in [5, 5.41) is 0. The fraction of sp³-hybridized carbons (Fsp3) is 0.440. The Kier molecular flexibility index (Phi) is 7.62. The van der Waals surface area contributed by atoms with Gasteiger partial charge in [-0.1, -0.05) is 50.6 Å². The largest absolute Gasteiger partial charge is 0.514 e. The van der Waals surface area contributed by atoms with E-state index in [9.17, 15) is 19.2 Å². The fourth-order valence-corrected chi connectivity index (χ4v) is 3.78. The predicted molar refractivity (Wildman–Crippen MR) is 116 cm³/mol. The molecule has 1 aromatic carbocycles. The van der Waals surface area contributed by atoms with Crippen LogP contribution in [0.5, 0.6) is 5.75 Å². The first-order valence-electron chi connectivity index (χ1n) is 10.9. The monoisotopic (exact) mass is 439 g/mol. The van der Waals surface area contributed by atoms with Gasteiger partial charge in [0.2, 0.25) is 17.7 Å². The van der Waals surface area contributed by atoms with Crippen molar-refractivity contribution in [2.75, 3.05) is 0 Å². The molecule has 0 bridgehead atoms. The molecule has 0 aromatic heterocycles. The summed E-state index contributed by atoms with van der Waals surface area (Å²) in [5.74, 6) is -3.05. The van der Waals surface area contributed by atoms with Crippen LogP contribution >= 0.6 is 0 Å². The Bertz CT molecular complexity index is 924. The van der Waals surface area contributed by atoms with Crippen molar-refractivity contribution in [3.05, 3.63) is 54.1 Å². The van der Waals surface area contributed by atoms with Crippen LogP contribution in [0.3, 0.4) is 0 Å². The Balaban J connectivity index is 1.89. The third-order valence-electron chi connectivity index (χ3n) is 5.58. The number of ketones is 1. The van der Waals surface area contributed by atoms with E-state index in [-0.39, 0.29) is 17.4 Å². The van der Waals surface area contributed by atoms with Gasteiger partial charge in [0.15, 0.2) is 0 Å². The zero-order valence-electron chi connectivity index (χ0n) is 18.2. The van der Waals surface area contributed by atoms with Crippen LogP contribution in [0.25, 0.3) is 0 Å². The Labute approximate surface area is 187 Å². The van der Waals surface area contributed by atoms with Gasteiger partial charge in [-0.05, 0) is 43.9 Å². The van der Waals surface area contributed by atoms with Crippen LogP contribution in [0.2, 0.25) is 0 Å². The summed E-state index contributed by atoms with van der Waals surface area (Å²) < 4.78 is 16.3. The molecular formula is C25H27O7. The lowest BCUT2D eigenvalue weighted by atomic mass is 9.78. The summed E-state index contributed by atoms with van der Waals surface area (Å²) in [6.07, 6.45) is 11.2. The van der Waals surface area contributed by atoms with E-state index in [1.165, 1.54) is 30.4 Å². The second kappa shape index (κ2) is 10.4. The zero-order valence-corrected chi connectivity index (χ0v) is 18.2. The summed E-state index contributed by atoms with van der Waals surface area (Å²) in [5.41, 5.74) is -1.94. The van der Waals surface area contributed by atoms with Gasteiger partial charge in [0, 0.05) is 0 Å². The molecule has 3 rings (SSSR count). The maximum atomic E-state index is 13.7. The summed E-state index contributed by atoms with van der Waals surface area (Å²) in [4.78, 5) is 50.2. The number of allylic oxidation sites excluding steroid dienone is 2. The molecule has 169 valence electrons. The maximum absolute atomic E-state index is 13.7. The number of carbonyl (C=O) groups is 3.